The van der Waals surface area contributed by atoms with Gasteiger partial charge in [0.05, 0.1) is 13.6 Å². The number of likely N-dealkylation sites (N-methyl/N-ethyl adjacent to an activating group) is 1. The SMILES string of the molecule is C[NH2+][C@@H]1[C@@H]2[C@H](O)CC[NH+]2C[C@H]1Cl. The van der Waals surface area contributed by atoms with Gasteiger partial charge in [-0.25, -0.2) is 0 Å². The van der Waals surface area contributed by atoms with Crippen LogP contribution in [0.5, 0.6) is 0 Å². The quantitative estimate of drug-likeness (QED) is 0.386. The van der Waals surface area contributed by atoms with Crippen LogP contribution in [0, 0.1) is 0 Å². The van der Waals surface area contributed by atoms with Crippen molar-refractivity contribution in [1.29, 1.82) is 0 Å². The number of halogens is 1. The average Bonchev–Trinajstić information content (AvgIpc) is 2.52. The van der Waals surface area contributed by atoms with Gasteiger partial charge in [-0.2, -0.15) is 0 Å². The molecule has 2 fully saturated rings. The summed E-state index contributed by atoms with van der Waals surface area (Å²) in [5, 5.41) is 12.1. The first kappa shape index (κ1) is 8.75. The second-order valence-electron chi connectivity index (χ2n) is 3.92. The molecule has 12 heavy (non-hydrogen) atoms. The predicted molar refractivity (Wildman–Crippen MR) is 46.4 cm³/mol. The largest absolute Gasteiger partial charge is 0.386 e. The lowest BCUT2D eigenvalue weighted by molar-refractivity contribution is -0.911. The lowest BCUT2D eigenvalue weighted by Crippen LogP contribution is -3.14. The van der Waals surface area contributed by atoms with Gasteiger partial charge in [0.1, 0.15) is 18.0 Å². The second kappa shape index (κ2) is 3.14. The summed E-state index contributed by atoms with van der Waals surface area (Å²) in [4.78, 5) is 1.51. The summed E-state index contributed by atoms with van der Waals surface area (Å²) in [6.07, 6.45) is 0.832. The third-order valence-corrected chi connectivity index (χ3v) is 3.77. The number of aliphatic hydroxyl groups is 1. The molecule has 2 aliphatic heterocycles. The van der Waals surface area contributed by atoms with E-state index >= 15 is 0 Å². The molecule has 3 nitrogen and oxygen atoms in total. The molecule has 0 aromatic carbocycles. The lowest BCUT2D eigenvalue weighted by atomic mass is 10.0. The summed E-state index contributed by atoms with van der Waals surface area (Å²) in [7, 11) is 2.05. The number of hydrogen-bond donors (Lipinski definition) is 3. The number of nitrogens with one attached hydrogen (secondary N) is 1. The number of aliphatic hydroxyl groups excluding tert-OH is 1. The van der Waals surface area contributed by atoms with E-state index in [9.17, 15) is 5.11 Å². The van der Waals surface area contributed by atoms with E-state index in [1.165, 1.54) is 4.90 Å². The zero-order chi connectivity index (χ0) is 8.72. The molecule has 0 aromatic rings. The molecule has 2 rings (SSSR count). The van der Waals surface area contributed by atoms with Gasteiger partial charge in [-0.1, -0.05) is 0 Å². The number of alkyl halides is 1. The Kier molecular flexibility index (Phi) is 2.29. The topological polar surface area (TPSA) is 41.3 Å². The summed E-state index contributed by atoms with van der Waals surface area (Å²) < 4.78 is 0. The summed E-state index contributed by atoms with van der Waals surface area (Å²) in [5.74, 6) is 0. The number of quaternary nitrogens is 2. The maximum Gasteiger partial charge on any atom is 0.168 e. The van der Waals surface area contributed by atoms with Crippen LogP contribution in [0.25, 0.3) is 0 Å². The van der Waals surface area contributed by atoms with Crippen LogP contribution in [0.1, 0.15) is 6.42 Å². The van der Waals surface area contributed by atoms with E-state index in [1.54, 1.807) is 0 Å². The van der Waals surface area contributed by atoms with Crippen molar-refractivity contribution in [3.05, 3.63) is 0 Å². The number of rotatable bonds is 1. The highest BCUT2D eigenvalue weighted by Gasteiger charge is 2.53. The molecule has 70 valence electrons. The Bertz CT molecular complexity index is 178. The molecule has 0 aromatic heterocycles. The highest BCUT2D eigenvalue weighted by molar-refractivity contribution is 6.21. The lowest BCUT2D eigenvalue weighted by Gasteiger charge is -2.16. The summed E-state index contributed by atoms with van der Waals surface area (Å²) >= 11 is 6.18. The van der Waals surface area contributed by atoms with Gasteiger partial charge in [-0.15, -0.1) is 11.6 Å². The van der Waals surface area contributed by atoms with Gasteiger partial charge in [0.15, 0.2) is 12.1 Å². The van der Waals surface area contributed by atoms with Crippen molar-refractivity contribution in [2.24, 2.45) is 0 Å². The van der Waals surface area contributed by atoms with Crippen LogP contribution in [0.15, 0.2) is 0 Å². The molecular weight excluding hydrogens is 176 g/mol. The van der Waals surface area contributed by atoms with E-state index < -0.39 is 0 Å². The molecule has 0 spiro atoms. The zero-order valence-corrected chi connectivity index (χ0v) is 8.09. The highest BCUT2D eigenvalue weighted by atomic mass is 35.5. The van der Waals surface area contributed by atoms with Gasteiger partial charge >= 0.3 is 0 Å². The van der Waals surface area contributed by atoms with Gasteiger partial charge in [-0.05, 0) is 0 Å². The molecule has 0 radical (unpaired) electrons. The zero-order valence-electron chi connectivity index (χ0n) is 7.33. The highest BCUT2D eigenvalue weighted by Crippen LogP contribution is 2.15. The fourth-order valence-electron chi connectivity index (χ4n) is 2.75. The van der Waals surface area contributed by atoms with E-state index in [0.29, 0.717) is 12.1 Å². The minimum atomic E-state index is -0.120. The molecule has 4 N–H and O–H groups in total. The number of nitrogens with two attached hydrogens (primary N) is 1. The standard InChI is InChI=1S/C8H15ClN2O/c1-10-7-5(9)4-11-3-2-6(12)8(7)11/h5-8,10,12H,2-4H2,1H3/p+2/t5-,6-,7+,8+/m1/s1. The van der Waals surface area contributed by atoms with Crippen molar-refractivity contribution in [1.82, 2.24) is 0 Å². The molecule has 0 saturated carbocycles. The second-order valence-corrected chi connectivity index (χ2v) is 4.48. The fourth-order valence-corrected chi connectivity index (χ4v) is 3.25. The number of hydrogen-bond acceptors (Lipinski definition) is 1. The Hall–Kier alpha value is 0.170. The van der Waals surface area contributed by atoms with Gasteiger partial charge in [0.2, 0.25) is 0 Å². The normalized spacial score (nSPS) is 52.8. The summed E-state index contributed by atoms with van der Waals surface area (Å²) in [5.41, 5.74) is 0. The Morgan fingerprint density at radius 1 is 1.58 bits per heavy atom. The molecule has 2 aliphatic rings. The van der Waals surface area contributed by atoms with Gasteiger partial charge in [-0.3, -0.25) is 0 Å². The Morgan fingerprint density at radius 3 is 3.00 bits per heavy atom. The van der Waals surface area contributed by atoms with Crippen LogP contribution in [0.3, 0.4) is 0 Å². The molecular formula is C8H17ClN2O+2. The average molecular weight is 193 g/mol. The molecule has 2 heterocycles. The van der Waals surface area contributed by atoms with Crippen LogP contribution in [0.2, 0.25) is 0 Å². The first-order chi connectivity index (χ1) is 5.74. The van der Waals surface area contributed by atoms with E-state index in [-0.39, 0.29) is 11.5 Å². The third-order valence-electron chi connectivity index (χ3n) is 3.32. The molecule has 5 atom stereocenters. The maximum atomic E-state index is 9.72. The van der Waals surface area contributed by atoms with Crippen LogP contribution >= 0.6 is 11.6 Å². The van der Waals surface area contributed by atoms with E-state index in [1.807, 2.05) is 7.05 Å². The summed E-state index contributed by atoms with van der Waals surface area (Å²) in [6, 6.07) is 0.802. The molecule has 1 unspecified atom stereocenters. The van der Waals surface area contributed by atoms with Crippen molar-refractivity contribution in [2.45, 2.75) is 30.0 Å². The third kappa shape index (κ3) is 1.16. The predicted octanol–water partition coefficient (Wildman–Crippen LogP) is -2.81. The maximum absolute atomic E-state index is 9.72. The van der Waals surface area contributed by atoms with Crippen molar-refractivity contribution in [3.63, 3.8) is 0 Å². The van der Waals surface area contributed by atoms with E-state index in [4.69, 9.17) is 11.6 Å². The minimum Gasteiger partial charge on any atom is -0.386 e. The van der Waals surface area contributed by atoms with Crippen molar-refractivity contribution in [2.75, 3.05) is 20.1 Å². The Balaban J connectivity index is 2.12. The van der Waals surface area contributed by atoms with Crippen LogP contribution in [-0.2, 0) is 0 Å². The molecule has 0 amide bonds. The van der Waals surface area contributed by atoms with Crippen LogP contribution in [-0.4, -0.2) is 48.8 Å². The van der Waals surface area contributed by atoms with Crippen LogP contribution < -0.4 is 10.2 Å². The van der Waals surface area contributed by atoms with Gasteiger partial charge < -0.3 is 15.3 Å². The van der Waals surface area contributed by atoms with Crippen molar-refractivity contribution >= 4 is 11.6 Å². The van der Waals surface area contributed by atoms with E-state index in [0.717, 1.165) is 19.5 Å². The smallest absolute Gasteiger partial charge is 0.168 e. The fraction of sp³-hybridized carbons (Fsp3) is 1.00. The Labute approximate surface area is 77.7 Å². The first-order valence-electron chi connectivity index (χ1n) is 4.70. The van der Waals surface area contributed by atoms with Crippen molar-refractivity contribution < 1.29 is 15.3 Å². The van der Waals surface area contributed by atoms with Gasteiger partial charge in [0, 0.05) is 6.42 Å². The molecule has 0 aliphatic carbocycles. The van der Waals surface area contributed by atoms with Gasteiger partial charge in [0.25, 0.3) is 0 Å². The number of fused-ring (bicyclic) bond motifs is 1. The van der Waals surface area contributed by atoms with Crippen molar-refractivity contribution in [3.8, 4) is 0 Å². The minimum absolute atomic E-state index is 0.120. The van der Waals surface area contributed by atoms with Crippen LogP contribution in [0.4, 0.5) is 0 Å². The van der Waals surface area contributed by atoms with E-state index in [2.05, 4.69) is 5.32 Å². The molecule has 0 bridgehead atoms. The Morgan fingerprint density at radius 2 is 2.33 bits per heavy atom. The first-order valence-corrected chi connectivity index (χ1v) is 5.14. The molecule has 2 saturated heterocycles. The summed E-state index contributed by atoms with van der Waals surface area (Å²) in [6.45, 7) is 2.12. The monoisotopic (exact) mass is 192 g/mol. The molecule has 4 heteroatoms.